The zero-order chi connectivity index (χ0) is 6.97. The molecular formula is C7H11N3. The van der Waals surface area contributed by atoms with Gasteiger partial charge in [0.25, 0.3) is 0 Å². The van der Waals surface area contributed by atoms with Crippen LogP contribution in [0.25, 0.3) is 0 Å². The summed E-state index contributed by atoms with van der Waals surface area (Å²) in [7, 11) is 0. The van der Waals surface area contributed by atoms with Crippen molar-refractivity contribution < 1.29 is 0 Å². The van der Waals surface area contributed by atoms with Gasteiger partial charge in [0.05, 0.1) is 6.67 Å². The Kier molecular flexibility index (Phi) is 1.17. The Bertz CT molecular complexity index is 205. The number of rotatable bonds is 0. The van der Waals surface area contributed by atoms with Gasteiger partial charge in [-0.25, -0.2) is 0 Å². The second-order valence-corrected chi connectivity index (χ2v) is 2.61. The molecule has 3 nitrogen and oxygen atoms in total. The van der Waals surface area contributed by atoms with Crippen molar-refractivity contribution in [3.05, 3.63) is 23.5 Å². The molecule has 10 heavy (non-hydrogen) atoms. The van der Waals surface area contributed by atoms with Crippen LogP contribution >= 0.6 is 0 Å². The Labute approximate surface area is 60.2 Å². The molecular weight excluding hydrogens is 126 g/mol. The van der Waals surface area contributed by atoms with Crippen molar-refractivity contribution in [2.45, 2.75) is 13.1 Å². The number of dihydropyridines is 1. The number of hydrogen-bond acceptors (Lipinski definition) is 3. The summed E-state index contributed by atoms with van der Waals surface area (Å²) in [6.07, 6.45) is 4.51. The van der Waals surface area contributed by atoms with Crippen LogP contribution in [0.4, 0.5) is 0 Å². The van der Waals surface area contributed by atoms with Gasteiger partial charge >= 0.3 is 0 Å². The summed E-state index contributed by atoms with van der Waals surface area (Å²) in [5.41, 5.74) is 2.45. The van der Waals surface area contributed by atoms with Crippen LogP contribution in [0.3, 0.4) is 0 Å². The Morgan fingerprint density at radius 1 is 1.50 bits per heavy atom. The summed E-state index contributed by atoms with van der Waals surface area (Å²) in [5, 5.41) is 9.78. The van der Waals surface area contributed by atoms with Crippen LogP contribution in [0, 0.1) is 0 Å². The van der Waals surface area contributed by atoms with Gasteiger partial charge in [-0.2, -0.15) is 0 Å². The number of hydrogen-bond donors (Lipinski definition) is 3. The molecule has 1 unspecified atom stereocenters. The Balaban J connectivity index is 2.22. The smallest absolute Gasteiger partial charge is 0.119 e. The molecule has 0 aliphatic carbocycles. The van der Waals surface area contributed by atoms with Crippen LogP contribution in [-0.2, 0) is 0 Å². The molecule has 0 aromatic heterocycles. The van der Waals surface area contributed by atoms with Crippen molar-refractivity contribution in [1.29, 1.82) is 0 Å². The molecule has 0 bridgehead atoms. The van der Waals surface area contributed by atoms with E-state index in [2.05, 4.69) is 35.0 Å². The van der Waals surface area contributed by atoms with Crippen molar-refractivity contribution in [2.75, 3.05) is 6.67 Å². The van der Waals surface area contributed by atoms with Gasteiger partial charge in [-0.1, -0.05) is 0 Å². The van der Waals surface area contributed by atoms with Crippen molar-refractivity contribution in [3.63, 3.8) is 0 Å². The summed E-state index contributed by atoms with van der Waals surface area (Å²) in [5.74, 6) is 0. The van der Waals surface area contributed by atoms with E-state index in [1.165, 1.54) is 11.4 Å². The van der Waals surface area contributed by atoms with Crippen LogP contribution in [0.2, 0.25) is 0 Å². The van der Waals surface area contributed by atoms with Gasteiger partial charge < -0.3 is 10.6 Å². The molecule has 3 N–H and O–H groups in total. The molecule has 1 saturated heterocycles. The molecule has 2 rings (SSSR count). The number of nitrogens with one attached hydrogen (secondary N) is 3. The topological polar surface area (TPSA) is 36.1 Å². The first kappa shape index (κ1) is 5.80. The van der Waals surface area contributed by atoms with Gasteiger partial charge in [-0.05, 0) is 19.1 Å². The molecule has 0 spiro atoms. The highest BCUT2D eigenvalue weighted by atomic mass is 15.3. The lowest BCUT2D eigenvalue weighted by Gasteiger charge is -2.18. The fourth-order valence-corrected chi connectivity index (χ4v) is 1.24. The van der Waals surface area contributed by atoms with Crippen LogP contribution in [0.5, 0.6) is 0 Å². The minimum absolute atomic E-state index is 0.324. The molecule has 2 heterocycles. The molecule has 0 radical (unpaired) electrons. The Morgan fingerprint density at radius 3 is 3.30 bits per heavy atom. The first-order valence-corrected chi connectivity index (χ1v) is 3.48. The summed E-state index contributed by atoms with van der Waals surface area (Å²) < 4.78 is 0. The van der Waals surface area contributed by atoms with E-state index in [4.69, 9.17) is 0 Å². The predicted octanol–water partition coefficient (Wildman–Crippen LogP) is -0.146. The maximum absolute atomic E-state index is 3.30. The molecule has 0 saturated carbocycles. The Morgan fingerprint density at radius 2 is 2.40 bits per heavy atom. The van der Waals surface area contributed by atoms with Crippen LogP contribution in [-0.4, -0.2) is 12.8 Å². The van der Waals surface area contributed by atoms with Gasteiger partial charge in [-0.3, -0.25) is 5.32 Å². The second-order valence-electron chi connectivity index (χ2n) is 2.61. The van der Waals surface area contributed by atoms with Gasteiger partial charge in [0.1, 0.15) is 6.17 Å². The average molecular weight is 137 g/mol. The maximum Gasteiger partial charge on any atom is 0.119 e. The van der Waals surface area contributed by atoms with Crippen molar-refractivity contribution in [2.24, 2.45) is 0 Å². The van der Waals surface area contributed by atoms with Crippen molar-refractivity contribution >= 4 is 0 Å². The zero-order valence-electron chi connectivity index (χ0n) is 5.94. The van der Waals surface area contributed by atoms with Crippen molar-refractivity contribution in [3.8, 4) is 0 Å². The van der Waals surface area contributed by atoms with Crippen LogP contribution in [0.15, 0.2) is 23.5 Å². The van der Waals surface area contributed by atoms with E-state index >= 15 is 0 Å². The molecule has 1 atom stereocenters. The van der Waals surface area contributed by atoms with E-state index in [-0.39, 0.29) is 0 Å². The minimum Gasteiger partial charge on any atom is -0.373 e. The number of fused-ring (bicyclic) bond motifs is 1. The van der Waals surface area contributed by atoms with Gasteiger partial charge in [0, 0.05) is 11.4 Å². The minimum atomic E-state index is 0.324. The third-order valence-electron chi connectivity index (χ3n) is 1.79. The molecule has 1 fully saturated rings. The number of allylic oxidation sites excluding steroid dienone is 3. The first-order chi connectivity index (χ1) is 4.86. The second kappa shape index (κ2) is 2.02. The molecule has 2 aliphatic rings. The highest BCUT2D eigenvalue weighted by Gasteiger charge is 2.20. The summed E-state index contributed by atoms with van der Waals surface area (Å²) in [6.45, 7) is 2.93. The molecule has 2 aliphatic heterocycles. The lowest BCUT2D eigenvalue weighted by atomic mass is 10.2. The molecule has 3 heteroatoms. The predicted molar refractivity (Wildman–Crippen MR) is 39.9 cm³/mol. The van der Waals surface area contributed by atoms with Gasteiger partial charge in [0.2, 0.25) is 0 Å². The van der Waals surface area contributed by atoms with Gasteiger partial charge in [-0.15, -0.1) is 0 Å². The highest BCUT2D eigenvalue weighted by Crippen LogP contribution is 2.08. The van der Waals surface area contributed by atoms with Crippen molar-refractivity contribution in [1.82, 2.24) is 16.0 Å². The molecule has 0 amide bonds. The largest absolute Gasteiger partial charge is 0.373 e. The van der Waals surface area contributed by atoms with E-state index in [1.807, 2.05) is 0 Å². The average Bonchev–Trinajstić information content (AvgIpc) is 2.33. The zero-order valence-corrected chi connectivity index (χ0v) is 5.94. The summed E-state index contributed by atoms with van der Waals surface area (Å²) in [6, 6.07) is 0. The SMILES string of the molecule is CC1=CC=C2NCNC2N1. The van der Waals surface area contributed by atoms with E-state index in [1.54, 1.807) is 0 Å². The lowest BCUT2D eigenvalue weighted by molar-refractivity contribution is 0.583. The quantitative estimate of drug-likeness (QED) is 0.434. The normalized spacial score (nSPS) is 29.5. The van der Waals surface area contributed by atoms with E-state index < -0.39 is 0 Å². The van der Waals surface area contributed by atoms with E-state index in [0.29, 0.717) is 6.17 Å². The highest BCUT2D eigenvalue weighted by molar-refractivity contribution is 5.26. The molecule has 54 valence electrons. The third-order valence-corrected chi connectivity index (χ3v) is 1.79. The third kappa shape index (κ3) is 0.789. The van der Waals surface area contributed by atoms with E-state index in [0.717, 1.165) is 6.67 Å². The first-order valence-electron chi connectivity index (χ1n) is 3.48. The fourth-order valence-electron chi connectivity index (χ4n) is 1.24. The van der Waals surface area contributed by atoms with Crippen LogP contribution < -0.4 is 16.0 Å². The lowest BCUT2D eigenvalue weighted by Crippen LogP contribution is -2.38. The molecule has 0 aromatic carbocycles. The van der Waals surface area contributed by atoms with Gasteiger partial charge in [0.15, 0.2) is 0 Å². The monoisotopic (exact) mass is 137 g/mol. The summed E-state index contributed by atoms with van der Waals surface area (Å²) >= 11 is 0. The van der Waals surface area contributed by atoms with Crippen LogP contribution in [0.1, 0.15) is 6.92 Å². The Hall–Kier alpha value is -0.960. The molecule has 0 aromatic rings. The standard InChI is InChI=1S/C7H11N3/c1-5-2-3-6-7(10-5)9-4-8-6/h2-3,7-10H,4H2,1H3. The van der Waals surface area contributed by atoms with E-state index in [9.17, 15) is 0 Å². The maximum atomic E-state index is 3.30. The fraction of sp³-hybridized carbons (Fsp3) is 0.429. The summed E-state index contributed by atoms with van der Waals surface area (Å²) in [4.78, 5) is 0.